The van der Waals surface area contributed by atoms with E-state index in [1.54, 1.807) is 0 Å². The van der Waals surface area contributed by atoms with Gasteiger partial charge in [0.1, 0.15) is 17.6 Å². The van der Waals surface area contributed by atoms with E-state index in [9.17, 15) is 5.21 Å². The summed E-state index contributed by atoms with van der Waals surface area (Å²) >= 11 is 0. The largest absolute Gasteiger partial charge is 0.621 e. The van der Waals surface area contributed by atoms with Crippen LogP contribution < -0.4 is 0 Å². The molecule has 0 saturated carbocycles. The smallest absolute Gasteiger partial charge is 0.336 e. The van der Waals surface area contributed by atoms with E-state index in [-0.39, 0.29) is 17.6 Å². The molecular formula is C18H21NO4. The zero-order valence-corrected chi connectivity index (χ0v) is 13.2. The van der Waals surface area contributed by atoms with E-state index >= 15 is 0 Å². The summed E-state index contributed by atoms with van der Waals surface area (Å²) < 4.78 is 6.28. The third-order valence-electron chi connectivity index (χ3n) is 3.62. The van der Waals surface area contributed by atoms with Gasteiger partial charge in [0.2, 0.25) is 0 Å². The van der Waals surface area contributed by atoms with Crippen LogP contribution >= 0.6 is 0 Å². The predicted octanol–water partition coefficient (Wildman–Crippen LogP) is 3.56. The first-order valence-corrected chi connectivity index (χ1v) is 7.37. The lowest BCUT2D eigenvalue weighted by Gasteiger charge is -2.31. The molecule has 0 saturated heterocycles. The molecule has 0 amide bonds. The van der Waals surface area contributed by atoms with Crippen molar-refractivity contribution in [3.05, 3.63) is 65.4 Å². The molecule has 5 heteroatoms. The van der Waals surface area contributed by atoms with Crippen molar-refractivity contribution in [3.8, 4) is 11.5 Å². The topological polar surface area (TPSA) is 75.8 Å². The lowest BCUT2D eigenvalue weighted by Crippen LogP contribution is -2.39. The molecule has 5 nitrogen and oxygen atoms in total. The summed E-state index contributed by atoms with van der Waals surface area (Å²) in [6.07, 6.45) is 1.98. The van der Waals surface area contributed by atoms with Gasteiger partial charge < -0.3 is 20.2 Å². The second-order valence-corrected chi connectivity index (χ2v) is 6.00. The van der Waals surface area contributed by atoms with Gasteiger partial charge >= 0.3 is 6.40 Å². The minimum atomic E-state index is -0.390. The van der Waals surface area contributed by atoms with Crippen LogP contribution in [0, 0.1) is 5.21 Å². The molecule has 1 aliphatic heterocycles. The molecule has 2 aromatic rings. The Bertz CT molecular complexity index is 629. The number of ether oxygens (including phenoxy) is 1. The van der Waals surface area contributed by atoms with Gasteiger partial charge in [-0.15, -0.1) is 0 Å². The van der Waals surface area contributed by atoms with Crippen LogP contribution in [-0.2, 0) is 4.74 Å². The van der Waals surface area contributed by atoms with E-state index < -0.39 is 5.54 Å². The van der Waals surface area contributed by atoms with Crippen molar-refractivity contribution in [2.45, 2.75) is 31.9 Å². The zero-order chi connectivity index (χ0) is 16.9. The van der Waals surface area contributed by atoms with Crippen molar-refractivity contribution in [1.29, 1.82) is 0 Å². The molecule has 0 fully saturated rings. The second kappa shape index (κ2) is 7.05. The molecule has 0 aromatic heterocycles. The minimum Gasteiger partial charge on any atom is -0.621 e. The van der Waals surface area contributed by atoms with Crippen molar-refractivity contribution in [2.24, 2.45) is 0 Å². The average Bonchev–Trinajstić information content (AvgIpc) is 2.54. The minimum absolute atomic E-state index is 0.00796. The molecule has 0 bridgehead atoms. The van der Waals surface area contributed by atoms with Gasteiger partial charge in [-0.1, -0.05) is 30.3 Å². The van der Waals surface area contributed by atoms with Crippen LogP contribution in [-0.4, -0.2) is 26.9 Å². The Morgan fingerprint density at radius 1 is 1.00 bits per heavy atom. The average molecular weight is 315 g/mol. The Kier molecular flexibility index (Phi) is 5.11. The van der Waals surface area contributed by atoms with Crippen LogP contribution in [0.1, 0.15) is 31.9 Å². The van der Waals surface area contributed by atoms with E-state index in [2.05, 4.69) is 0 Å². The summed E-state index contributed by atoms with van der Waals surface area (Å²) in [6, 6.07) is 15.7. The normalized spacial score (nSPS) is 18.9. The van der Waals surface area contributed by atoms with E-state index in [4.69, 9.17) is 14.9 Å². The van der Waals surface area contributed by atoms with Gasteiger partial charge in [0.25, 0.3) is 0 Å². The number of hydrogen-bond acceptors (Lipinski definition) is 4. The van der Waals surface area contributed by atoms with Crippen molar-refractivity contribution in [1.82, 2.24) is 0 Å². The fraction of sp³-hybridized carbons (Fsp3) is 0.278. The highest BCUT2D eigenvalue weighted by atomic mass is 16.6. The SMILES string of the molecule is CC1(C)CC(c2ccccc2)OC=[N+]1[O-].Oc1ccc(O)cc1. The monoisotopic (exact) mass is 315 g/mol. The molecule has 2 aromatic carbocycles. The van der Waals surface area contributed by atoms with Crippen LogP contribution in [0.4, 0.5) is 0 Å². The van der Waals surface area contributed by atoms with Crippen LogP contribution in [0.5, 0.6) is 11.5 Å². The number of hydrogen-bond donors (Lipinski definition) is 2. The number of nitrogens with zero attached hydrogens (tertiary/aromatic N) is 1. The Morgan fingerprint density at radius 3 is 2.00 bits per heavy atom. The number of hydroxylamine groups is 1. The van der Waals surface area contributed by atoms with Gasteiger partial charge in [-0.3, -0.25) is 0 Å². The lowest BCUT2D eigenvalue weighted by molar-refractivity contribution is -0.556. The number of aromatic hydroxyl groups is 2. The first-order valence-electron chi connectivity index (χ1n) is 7.37. The van der Waals surface area contributed by atoms with Crippen molar-refractivity contribution >= 4 is 6.40 Å². The molecule has 0 radical (unpaired) electrons. The first kappa shape index (κ1) is 16.7. The second-order valence-electron chi connectivity index (χ2n) is 6.00. The number of phenolic OH excluding ortho intramolecular Hbond substituents is 2. The molecule has 122 valence electrons. The van der Waals surface area contributed by atoms with Crippen molar-refractivity contribution < 1.29 is 19.7 Å². The molecular weight excluding hydrogens is 294 g/mol. The van der Waals surface area contributed by atoms with Crippen LogP contribution in [0.3, 0.4) is 0 Å². The summed E-state index contributed by atoms with van der Waals surface area (Å²) in [4.78, 5) is 0. The fourth-order valence-electron chi connectivity index (χ4n) is 2.18. The van der Waals surface area contributed by atoms with Gasteiger partial charge in [0.15, 0.2) is 5.54 Å². The molecule has 1 heterocycles. The molecule has 1 unspecified atom stereocenters. The summed E-state index contributed by atoms with van der Waals surface area (Å²) in [5.41, 5.74) is 0.730. The maximum atomic E-state index is 11.4. The summed E-state index contributed by atoms with van der Waals surface area (Å²) in [5, 5.41) is 28.7. The summed E-state index contributed by atoms with van der Waals surface area (Å²) in [6.45, 7) is 3.85. The summed E-state index contributed by atoms with van der Waals surface area (Å²) in [7, 11) is 0. The molecule has 1 aliphatic rings. The fourth-order valence-corrected chi connectivity index (χ4v) is 2.18. The maximum Gasteiger partial charge on any atom is 0.336 e. The van der Waals surface area contributed by atoms with Crippen molar-refractivity contribution in [2.75, 3.05) is 0 Å². The Balaban J connectivity index is 0.000000203. The quantitative estimate of drug-likeness (QED) is 0.479. The maximum absolute atomic E-state index is 11.4. The van der Waals surface area contributed by atoms with Gasteiger partial charge in [-0.25, -0.2) is 0 Å². The Morgan fingerprint density at radius 2 is 1.52 bits per heavy atom. The molecule has 0 spiro atoms. The highest BCUT2D eigenvalue weighted by Gasteiger charge is 2.36. The molecule has 1 atom stereocenters. The van der Waals surface area contributed by atoms with Gasteiger partial charge in [0, 0.05) is 13.8 Å². The number of benzene rings is 2. The van der Waals surface area contributed by atoms with Crippen LogP contribution in [0.25, 0.3) is 0 Å². The third kappa shape index (κ3) is 4.64. The third-order valence-corrected chi connectivity index (χ3v) is 3.62. The predicted molar refractivity (Wildman–Crippen MR) is 88.4 cm³/mol. The first-order chi connectivity index (χ1) is 10.9. The van der Waals surface area contributed by atoms with Crippen molar-refractivity contribution in [3.63, 3.8) is 0 Å². The highest BCUT2D eigenvalue weighted by molar-refractivity contribution is 5.42. The lowest BCUT2D eigenvalue weighted by atomic mass is 9.92. The highest BCUT2D eigenvalue weighted by Crippen LogP contribution is 2.31. The van der Waals surface area contributed by atoms with E-state index in [1.165, 1.54) is 30.7 Å². The summed E-state index contributed by atoms with van der Waals surface area (Å²) in [5.74, 6) is 0.339. The Hall–Kier alpha value is -2.69. The van der Waals surface area contributed by atoms with Gasteiger partial charge in [0.05, 0.1) is 6.42 Å². The van der Waals surface area contributed by atoms with Crippen LogP contribution in [0.2, 0.25) is 0 Å². The number of rotatable bonds is 1. The number of phenols is 2. The molecule has 2 N–H and O–H groups in total. The molecule has 0 aliphatic carbocycles. The molecule has 3 rings (SSSR count). The van der Waals surface area contributed by atoms with E-state index in [0.717, 1.165) is 10.3 Å². The Labute approximate surface area is 135 Å². The van der Waals surface area contributed by atoms with Gasteiger partial charge in [-0.2, -0.15) is 4.74 Å². The molecule has 23 heavy (non-hydrogen) atoms. The van der Waals surface area contributed by atoms with Crippen LogP contribution in [0.15, 0.2) is 54.6 Å². The van der Waals surface area contributed by atoms with Gasteiger partial charge in [-0.05, 0) is 29.8 Å². The van der Waals surface area contributed by atoms with E-state index in [0.29, 0.717) is 6.42 Å². The van der Waals surface area contributed by atoms with E-state index in [1.807, 2.05) is 44.2 Å². The zero-order valence-electron chi connectivity index (χ0n) is 13.2. The standard InChI is InChI=1S/C12H15NO2.C6H6O2/c1-12(2)8-11(15-9-13(12)14)10-6-4-3-5-7-10;7-5-1-2-6(8)4-3-5/h3-7,9,11H,8H2,1-2H3;1-4,7-8H.